The van der Waals surface area contributed by atoms with Gasteiger partial charge in [-0.1, -0.05) is 12.1 Å². The molecule has 16 heteroatoms. The zero-order valence-electron chi connectivity index (χ0n) is 22.9. The predicted molar refractivity (Wildman–Crippen MR) is 149 cm³/mol. The van der Waals surface area contributed by atoms with Crippen LogP contribution in [0.1, 0.15) is 18.9 Å². The Bertz CT molecular complexity index is 1630. The summed E-state index contributed by atoms with van der Waals surface area (Å²) in [6.07, 6.45) is 0.213. The lowest BCUT2D eigenvalue weighted by Gasteiger charge is -2.12. The Hall–Kier alpha value is -5.12. The number of hydrogen-bond acceptors (Lipinski definition) is 10. The third kappa shape index (κ3) is 7.59. The summed E-state index contributed by atoms with van der Waals surface area (Å²) in [6, 6.07) is 11.1. The molecule has 0 atom stereocenters. The lowest BCUT2D eigenvalue weighted by molar-refractivity contribution is -0.192. The van der Waals surface area contributed by atoms with E-state index in [0.717, 1.165) is 37.1 Å². The number of nitrogens with zero attached hydrogens (tertiary/aromatic N) is 5. The highest BCUT2D eigenvalue weighted by atomic mass is 19.4. The summed E-state index contributed by atoms with van der Waals surface area (Å²) in [5, 5.41) is 27.6. The number of nitrogen functional groups attached to an aromatic ring is 1. The van der Waals surface area contributed by atoms with Gasteiger partial charge in [-0.2, -0.15) is 13.2 Å². The number of carbonyl (C=O) groups is 1. The molecule has 13 nitrogen and oxygen atoms in total. The van der Waals surface area contributed by atoms with Crippen LogP contribution in [-0.2, 0) is 17.8 Å². The molecular weight excluding hydrogens is 573 g/mol. The van der Waals surface area contributed by atoms with Crippen molar-refractivity contribution in [2.45, 2.75) is 32.5 Å². The number of aromatic hydroxyl groups is 1. The van der Waals surface area contributed by atoms with Crippen molar-refractivity contribution in [1.29, 1.82) is 0 Å². The minimum Gasteiger partial charge on any atom is -0.508 e. The molecule has 0 spiro atoms. The van der Waals surface area contributed by atoms with Gasteiger partial charge in [-0.3, -0.25) is 0 Å². The molecule has 0 saturated heterocycles. The molecule has 0 saturated carbocycles. The number of benzene rings is 1. The molecule has 0 radical (unpaired) electrons. The fourth-order valence-corrected chi connectivity index (χ4v) is 4.13. The van der Waals surface area contributed by atoms with Gasteiger partial charge in [-0.25, -0.2) is 19.4 Å². The number of aromatic amines is 1. The van der Waals surface area contributed by atoms with E-state index in [2.05, 4.69) is 25.6 Å². The van der Waals surface area contributed by atoms with Crippen molar-refractivity contribution in [2.75, 3.05) is 25.4 Å². The number of ether oxygens (including phenoxy) is 1. The Kier molecular flexibility index (Phi) is 9.82. The van der Waals surface area contributed by atoms with Gasteiger partial charge >= 0.3 is 12.1 Å². The number of rotatable bonds is 11. The molecule has 5 aromatic rings. The quantitative estimate of drug-likeness (QED) is 0.137. The molecule has 0 aliphatic heterocycles. The number of imidazole rings is 1. The number of fused-ring (bicyclic) bond motifs is 1. The number of hydrogen-bond donors (Lipinski definition) is 5. The Balaban J connectivity index is 0.000000541. The van der Waals surface area contributed by atoms with Gasteiger partial charge in [0.05, 0.1) is 18.5 Å². The molecule has 228 valence electrons. The number of phenols is 1. The van der Waals surface area contributed by atoms with E-state index in [1.807, 2.05) is 42.0 Å². The molecule has 5 rings (SSSR count). The van der Waals surface area contributed by atoms with Gasteiger partial charge in [-0.05, 0) is 73.0 Å². The monoisotopic (exact) mass is 602 g/mol. The molecule has 0 aliphatic carbocycles. The molecule has 0 bridgehead atoms. The number of alkyl halides is 3. The van der Waals surface area contributed by atoms with Crippen LogP contribution in [0.4, 0.5) is 19.0 Å². The number of phenolic OH excluding ortho intramolecular Hbond substituents is 1. The number of carboxylic acids is 1. The molecule has 43 heavy (non-hydrogen) atoms. The van der Waals surface area contributed by atoms with Crippen molar-refractivity contribution >= 4 is 22.8 Å². The van der Waals surface area contributed by atoms with Gasteiger partial charge in [0, 0.05) is 12.7 Å². The van der Waals surface area contributed by atoms with Crippen molar-refractivity contribution in [3.63, 3.8) is 0 Å². The number of aliphatic carboxylic acids is 1. The summed E-state index contributed by atoms with van der Waals surface area (Å²) in [4.78, 5) is 21.6. The first-order chi connectivity index (χ1) is 20.6. The summed E-state index contributed by atoms with van der Waals surface area (Å²) in [7, 11) is 0. The van der Waals surface area contributed by atoms with Crippen LogP contribution in [0.3, 0.4) is 0 Å². The van der Waals surface area contributed by atoms with E-state index in [4.69, 9.17) is 30.0 Å². The number of carboxylic acid groups (broad SMARTS) is 1. The summed E-state index contributed by atoms with van der Waals surface area (Å²) in [5.41, 5.74) is 10.6. The molecule has 1 aromatic carbocycles. The molecular formula is C27H29F3N8O5. The smallest absolute Gasteiger partial charge is 0.490 e. The Morgan fingerprint density at radius 1 is 1.16 bits per heavy atom. The van der Waals surface area contributed by atoms with E-state index in [1.165, 1.54) is 5.56 Å². The van der Waals surface area contributed by atoms with Gasteiger partial charge in [-0.15, -0.1) is 0 Å². The number of H-pyrrole nitrogens is 1. The lowest BCUT2D eigenvalue weighted by Crippen LogP contribution is -2.21. The van der Waals surface area contributed by atoms with Crippen LogP contribution in [0.15, 0.2) is 53.4 Å². The van der Waals surface area contributed by atoms with Crippen LogP contribution in [0, 0.1) is 0 Å². The summed E-state index contributed by atoms with van der Waals surface area (Å²) >= 11 is 0. The van der Waals surface area contributed by atoms with E-state index >= 15 is 0 Å². The predicted octanol–water partition coefficient (Wildman–Crippen LogP) is 4.02. The number of nitrogens with two attached hydrogens (primary N) is 1. The van der Waals surface area contributed by atoms with Crippen molar-refractivity contribution in [3.8, 4) is 34.4 Å². The van der Waals surface area contributed by atoms with E-state index in [9.17, 15) is 18.3 Å². The maximum atomic E-state index is 10.6. The zero-order chi connectivity index (χ0) is 31.0. The summed E-state index contributed by atoms with van der Waals surface area (Å²) in [5.74, 6) is -1.11. The third-order valence-electron chi connectivity index (χ3n) is 6.16. The topological polar surface area (TPSA) is 190 Å². The number of aryl methyl sites for hydroxylation is 1. The molecule has 0 amide bonds. The fourth-order valence-electron chi connectivity index (χ4n) is 4.13. The number of halogens is 3. The first kappa shape index (κ1) is 30.8. The van der Waals surface area contributed by atoms with Crippen LogP contribution in [0.2, 0.25) is 0 Å². The average molecular weight is 603 g/mol. The maximum absolute atomic E-state index is 10.6. The van der Waals surface area contributed by atoms with Crippen molar-refractivity contribution in [2.24, 2.45) is 0 Å². The minimum atomic E-state index is -5.08. The van der Waals surface area contributed by atoms with Gasteiger partial charge in [0.1, 0.15) is 22.5 Å². The highest BCUT2D eigenvalue weighted by Gasteiger charge is 2.38. The molecule has 4 heterocycles. The number of nitrogens with one attached hydrogen (secondary N) is 2. The standard InChI is InChI=1S/C25H28N8O3.C2HF3O2/c1-2-33-23-19(35-14-4-11-27-13-10-16-6-8-17(34)9-7-16)15-29-20(18-5-3-12-28-18)21(23)30-25(33)22-24(26)32-36-31-22;3-2(4,5)1(6)7/h3,5-9,12,15,27-28,34H,2,4,10-11,13-14H2,1H3,(H2,26,32);(H,6,7). The normalized spacial score (nSPS) is 11.3. The SMILES string of the molecule is CCn1c(-c2nonc2N)nc2c(-c3ccc[nH]3)ncc(OCCCNCCc3ccc(O)cc3)c21.O=C(O)C(F)(F)F. The van der Waals surface area contributed by atoms with Crippen LogP contribution >= 0.6 is 0 Å². The van der Waals surface area contributed by atoms with Gasteiger partial charge in [0.2, 0.25) is 0 Å². The second kappa shape index (κ2) is 13.7. The molecule has 4 aromatic heterocycles. The lowest BCUT2D eigenvalue weighted by atomic mass is 10.1. The molecule has 6 N–H and O–H groups in total. The summed E-state index contributed by atoms with van der Waals surface area (Å²) in [6.45, 7) is 4.81. The largest absolute Gasteiger partial charge is 0.508 e. The number of pyridine rings is 1. The third-order valence-corrected chi connectivity index (χ3v) is 6.16. The number of anilines is 1. The number of aromatic nitrogens is 6. The van der Waals surface area contributed by atoms with Gasteiger partial charge < -0.3 is 35.6 Å². The average Bonchev–Trinajstić information content (AvgIpc) is 3.73. The second-order valence-electron chi connectivity index (χ2n) is 9.10. The van der Waals surface area contributed by atoms with Crippen LogP contribution in [-0.4, -0.2) is 71.9 Å². The van der Waals surface area contributed by atoms with Gasteiger partial charge in [0.15, 0.2) is 23.1 Å². The summed E-state index contributed by atoms with van der Waals surface area (Å²) < 4.78 is 44.7. The molecule has 0 aliphatic rings. The molecule has 0 unspecified atom stereocenters. The molecule has 0 fully saturated rings. The van der Waals surface area contributed by atoms with E-state index in [-0.39, 0.29) is 11.6 Å². The van der Waals surface area contributed by atoms with Crippen LogP contribution < -0.4 is 15.8 Å². The highest BCUT2D eigenvalue weighted by molar-refractivity contribution is 5.95. The Morgan fingerprint density at radius 2 is 1.91 bits per heavy atom. The second-order valence-corrected chi connectivity index (χ2v) is 9.10. The minimum absolute atomic E-state index is 0.176. The van der Waals surface area contributed by atoms with Crippen LogP contribution in [0.25, 0.3) is 33.9 Å². The van der Waals surface area contributed by atoms with Crippen LogP contribution in [0.5, 0.6) is 11.5 Å². The van der Waals surface area contributed by atoms with Crippen molar-refractivity contribution in [1.82, 2.24) is 35.1 Å². The van der Waals surface area contributed by atoms with E-state index in [1.54, 1.807) is 18.3 Å². The van der Waals surface area contributed by atoms with Crippen molar-refractivity contribution in [3.05, 3.63) is 54.4 Å². The first-order valence-corrected chi connectivity index (χ1v) is 13.1. The first-order valence-electron chi connectivity index (χ1n) is 13.1. The van der Waals surface area contributed by atoms with E-state index in [0.29, 0.717) is 41.6 Å². The highest BCUT2D eigenvalue weighted by Crippen LogP contribution is 2.36. The van der Waals surface area contributed by atoms with Gasteiger partial charge in [0.25, 0.3) is 0 Å². The zero-order valence-corrected chi connectivity index (χ0v) is 22.9. The fraction of sp³-hybridized carbons (Fsp3) is 0.296. The Labute approximate surface area is 242 Å². The Morgan fingerprint density at radius 3 is 2.51 bits per heavy atom. The van der Waals surface area contributed by atoms with Crippen molar-refractivity contribution < 1.29 is 37.5 Å². The van der Waals surface area contributed by atoms with E-state index < -0.39 is 12.1 Å². The maximum Gasteiger partial charge on any atom is 0.490 e.